The van der Waals surface area contributed by atoms with Crippen molar-refractivity contribution in [2.75, 3.05) is 5.75 Å². The van der Waals surface area contributed by atoms with Gasteiger partial charge in [0, 0.05) is 28.9 Å². The predicted octanol–water partition coefficient (Wildman–Crippen LogP) is 4.49. The smallest absolute Gasteiger partial charge is 0.174 e. The van der Waals surface area contributed by atoms with Gasteiger partial charge in [-0.05, 0) is 37.8 Å². The van der Waals surface area contributed by atoms with E-state index in [9.17, 15) is 4.79 Å². The minimum Gasteiger partial charge on any atom is -0.348 e. The molecule has 0 aliphatic heterocycles. The van der Waals surface area contributed by atoms with Crippen molar-refractivity contribution in [1.29, 1.82) is 0 Å². The molecule has 0 atom stereocenters. The summed E-state index contributed by atoms with van der Waals surface area (Å²) in [6, 6.07) is 4.02. The van der Waals surface area contributed by atoms with E-state index < -0.39 is 0 Å². The summed E-state index contributed by atoms with van der Waals surface area (Å²) in [5.74, 6) is 0.561. The number of thioether (sulfide) groups is 1. The molecule has 0 saturated heterocycles. The number of carbonyl (C=O) groups excluding carboxylic acids is 1. The normalized spacial score (nSPS) is 11.3. The largest absolute Gasteiger partial charge is 0.348 e. The van der Waals surface area contributed by atoms with Gasteiger partial charge in [0.15, 0.2) is 5.78 Å². The molecule has 0 aromatic carbocycles. The third kappa shape index (κ3) is 3.19. The van der Waals surface area contributed by atoms with Gasteiger partial charge in [-0.3, -0.25) is 4.79 Å². The minimum absolute atomic E-state index is 0.160. The number of nitrogens with zero attached hydrogens (tertiary/aromatic N) is 3. The van der Waals surface area contributed by atoms with Crippen LogP contribution in [0.4, 0.5) is 0 Å². The number of hydrogen-bond donors (Lipinski definition) is 0. The summed E-state index contributed by atoms with van der Waals surface area (Å²) >= 11 is 3.08. The Balaban J connectivity index is 1.77. The summed E-state index contributed by atoms with van der Waals surface area (Å²) in [6.45, 7) is 7.20. The van der Waals surface area contributed by atoms with Gasteiger partial charge in [-0.25, -0.2) is 9.97 Å². The zero-order chi connectivity index (χ0) is 16.4. The third-order valence-corrected chi connectivity index (χ3v) is 5.71. The van der Waals surface area contributed by atoms with Crippen LogP contribution in [0, 0.1) is 13.8 Å². The molecule has 6 heteroatoms. The maximum absolute atomic E-state index is 12.6. The van der Waals surface area contributed by atoms with E-state index >= 15 is 0 Å². The third-order valence-electron chi connectivity index (χ3n) is 3.89. The maximum Gasteiger partial charge on any atom is 0.174 e. The van der Waals surface area contributed by atoms with Crippen LogP contribution >= 0.6 is 23.1 Å². The summed E-state index contributed by atoms with van der Waals surface area (Å²) in [7, 11) is 0. The SMILES string of the molecule is CCCn1c(C)cc(C(=O)CSc2ncnc3sccc23)c1C. The Labute approximate surface area is 144 Å². The van der Waals surface area contributed by atoms with Crippen LogP contribution in [0.1, 0.15) is 35.1 Å². The highest BCUT2D eigenvalue weighted by Crippen LogP contribution is 2.28. The Morgan fingerprint density at radius 3 is 2.96 bits per heavy atom. The van der Waals surface area contributed by atoms with Crippen molar-refractivity contribution < 1.29 is 4.79 Å². The van der Waals surface area contributed by atoms with Crippen molar-refractivity contribution in [3.63, 3.8) is 0 Å². The Bertz CT molecular complexity index is 851. The second-order valence-electron chi connectivity index (χ2n) is 5.47. The molecule has 4 nitrogen and oxygen atoms in total. The fourth-order valence-corrected chi connectivity index (χ4v) is 4.41. The Hall–Kier alpha value is -1.66. The van der Waals surface area contributed by atoms with E-state index in [-0.39, 0.29) is 5.78 Å². The molecule has 0 spiro atoms. The van der Waals surface area contributed by atoms with Crippen LogP contribution in [0.15, 0.2) is 28.9 Å². The number of carbonyl (C=O) groups is 1. The van der Waals surface area contributed by atoms with Gasteiger partial charge in [-0.15, -0.1) is 11.3 Å². The van der Waals surface area contributed by atoms with E-state index in [0.29, 0.717) is 5.75 Å². The van der Waals surface area contributed by atoms with E-state index in [1.165, 1.54) is 11.8 Å². The van der Waals surface area contributed by atoms with Crippen LogP contribution in [-0.4, -0.2) is 26.1 Å². The molecule has 0 aliphatic carbocycles. The summed E-state index contributed by atoms with van der Waals surface area (Å²) < 4.78 is 2.22. The minimum atomic E-state index is 0.160. The number of fused-ring (bicyclic) bond motifs is 1. The highest BCUT2D eigenvalue weighted by Gasteiger charge is 2.16. The lowest BCUT2D eigenvalue weighted by molar-refractivity contribution is 0.102. The van der Waals surface area contributed by atoms with E-state index in [1.54, 1.807) is 17.7 Å². The second-order valence-corrected chi connectivity index (χ2v) is 7.33. The number of hydrogen-bond acceptors (Lipinski definition) is 5. The highest BCUT2D eigenvalue weighted by atomic mass is 32.2. The molecule has 0 unspecified atom stereocenters. The summed E-state index contributed by atoms with van der Waals surface area (Å²) in [4.78, 5) is 22.1. The van der Waals surface area contributed by atoms with Gasteiger partial charge in [0.1, 0.15) is 16.2 Å². The Morgan fingerprint density at radius 1 is 1.35 bits per heavy atom. The summed E-state index contributed by atoms with van der Waals surface area (Å²) in [6.07, 6.45) is 2.63. The topological polar surface area (TPSA) is 47.8 Å². The van der Waals surface area contributed by atoms with Crippen LogP contribution in [-0.2, 0) is 6.54 Å². The number of rotatable bonds is 6. The molecule has 120 valence electrons. The first-order chi connectivity index (χ1) is 11.1. The molecule has 23 heavy (non-hydrogen) atoms. The Morgan fingerprint density at radius 2 is 2.17 bits per heavy atom. The lowest BCUT2D eigenvalue weighted by Crippen LogP contribution is -2.06. The molecule has 3 aromatic heterocycles. The zero-order valence-electron chi connectivity index (χ0n) is 13.5. The fraction of sp³-hybridized carbons (Fsp3) is 0.353. The molecule has 0 saturated carbocycles. The van der Waals surface area contributed by atoms with Crippen molar-refractivity contribution in [2.45, 2.75) is 38.8 Å². The first kappa shape index (κ1) is 16.2. The van der Waals surface area contributed by atoms with Crippen LogP contribution in [0.3, 0.4) is 0 Å². The van der Waals surface area contributed by atoms with Crippen LogP contribution in [0.5, 0.6) is 0 Å². The second kappa shape index (κ2) is 6.84. The number of Topliss-reactive ketones (excluding diaryl/α,β-unsaturated/α-hetero) is 1. The van der Waals surface area contributed by atoms with Crippen molar-refractivity contribution in [3.05, 3.63) is 40.8 Å². The quantitative estimate of drug-likeness (QED) is 0.375. The van der Waals surface area contributed by atoms with Crippen LogP contribution in [0.2, 0.25) is 0 Å². The standard InChI is InChI=1S/C17H19N3OS2/c1-4-6-20-11(2)8-14(12(20)3)15(21)9-23-17-13-5-7-22-16(13)18-10-19-17/h5,7-8,10H,4,6,9H2,1-3H3. The predicted molar refractivity (Wildman–Crippen MR) is 96.7 cm³/mol. The van der Waals surface area contributed by atoms with Crippen LogP contribution < -0.4 is 0 Å². The first-order valence-electron chi connectivity index (χ1n) is 7.62. The lowest BCUT2D eigenvalue weighted by Gasteiger charge is -2.07. The molecule has 0 N–H and O–H groups in total. The molecule has 0 fully saturated rings. The van der Waals surface area contributed by atoms with Gasteiger partial charge in [0.25, 0.3) is 0 Å². The van der Waals surface area contributed by atoms with Crippen LogP contribution in [0.25, 0.3) is 10.2 Å². The number of aromatic nitrogens is 3. The van der Waals surface area contributed by atoms with E-state index in [2.05, 4.69) is 28.4 Å². The molecular formula is C17H19N3OS2. The molecular weight excluding hydrogens is 326 g/mol. The summed E-state index contributed by atoms with van der Waals surface area (Å²) in [5.41, 5.74) is 3.05. The molecule has 0 aliphatic rings. The first-order valence-corrected chi connectivity index (χ1v) is 9.49. The number of ketones is 1. The van der Waals surface area contributed by atoms with Crippen molar-refractivity contribution >= 4 is 39.1 Å². The molecule has 3 rings (SSSR count). The highest BCUT2D eigenvalue weighted by molar-refractivity contribution is 8.00. The monoisotopic (exact) mass is 345 g/mol. The van der Waals surface area contributed by atoms with Gasteiger partial charge in [-0.2, -0.15) is 0 Å². The average Bonchev–Trinajstić information content (AvgIpc) is 3.13. The molecule has 3 heterocycles. The molecule has 0 amide bonds. The molecule has 0 radical (unpaired) electrons. The van der Waals surface area contributed by atoms with Gasteiger partial charge in [-0.1, -0.05) is 18.7 Å². The lowest BCUT2D eigenvalue weighted by atomic mass is 10.2. The van der Waals surface area contributed by atoms with Crippen molar-refractivity contribution in [1.82, 2.24) is 14.5 Å². The molecule has 0 bridgehead atoms. The van der Waals surface area contributed by atoms with Gasteiger partial charge in [0.2, 0.25) is 0 Å². The number of thiophene rings is 1. The van der Waals surface area contributed by atoms with Gasteiger partial charge >= 0.3 is 0 Å². The van der Waals surface area contributed by atoms with Gasteiger partial charge < -0.3 is 4.57 Å². The fourth-order valence-electron chi connectivity index (χ4n) is 2.75. The van der Waals surface area contributed by atoms with Gasteiger partial charge in [0.05, 0.1) is 5.75 Å². The van der Waals surface area contributed by atoms with Crippen molar-refractivity contribution in [3.8, 4) is 0 Å². The van der Waals surface area contributed by atoms with E-state index in [1.807, 2.05) is 24.4 Å². The number of aryl methyl sites for hydroxylation is 1. The summed E-state index contributed by atoms with van der Waals surface area (Å²) in [5, 5.41) is 3.92. The Kier molecular flexibility index (Phi) is 4.82. The van der Waals surface area contributed by atoms with E-state index in [4.69, 9.17) is 0 Å². The van der Waals surface area contributed by atoms with E-state index in [0.717, 1.165) is 45.2 Å². The van der Waals surface area contributed by atoms with Crippen molar-refractivity contribution in [2.24, 2.45) is 0 Å². The molecule has 3 aromatic rings. The maximum atomic E-state index is 12.6. The average molecular weight is 345 g/mol. The zero-order valence-corrected chi connectivity index (χ0v) is 15.1.